The van der Waals surface area contributed by atoms with Gasteiger partial charge in [0.1, 0.15) is 23.0 Å². The summed E-state index contributed by atoms with van der Waals surface area (Å²) >= 11 is 0. The highest BCUT2D eigenvalue weighted by atomic mass is 32.2. The fraction of sp³-hybridized carbons (Fsp3) is 0.261. The number of nitrogens with zero attached hydrogens (tertiary/aromatic N) is 6. The molecule has 0 aliphatic heterocycles. The number of benzene rings is 1. The lowest BCUT2D eigenvalue weighted by Crippen LogP contribution is -2.29. The van der Waals surface area contributed by atoms with E-state index in [0.717, 1.165) is 18.0 Å². The van der Waals surface area contributed by atoms with Gasteiger partial charge in [0.2, 0.25) is 16.0 Å². The average molecular weight is 514 g/mol. The standard InChI is InChI=1S/C23H24FN7O4S/c1-14-8-9-25-13-17(14)22-28-29-23(31(22)21-18(34-3)6-5-7-19(21)35-4)30-36(32,33)15(2)10-20-26-11-16(24)12-27-20/h5-9,11-13,15H,10H2,1-4H3,(H,29,30)/t15-/m1/s1. The van der Waals surface area contributed by atoms with E-state index < -0.39 is 21.1 Å². The van der Waals surface area contributed by atoms with E-state index >= 15 is 0 Å². The quantitative estimate of drug-likeness (QED) is 0.358. The lowest BCUT2D eigenvalue weighted by Gasteiger charge is -2.19. The molecule has 0 saturated heterocycles. The first kappa shape index (κ1) is 25.0. The highest BCUT2D eigenvalue weighted by Crippen LogP contribution is 2.38. The lowest BCUT2D eigenvalue weighted by atomic mass is 10.1. The highest BCUT2D eigenvalue weighted by molar-refractivity contribution is 7.93. The van der Waals surface area contributed by atoms with Gasteiger partial charge in [-0.2, -0.15) is 0 Å². The zero-order valence-electron chi connectivity index (χ0n) is 20.0. The Hall–Kier alpha value is -4.13. The summed E-state index contributed by atoms with van der Waals surface area (Å²) < 4.78 is 54.9. The maximum Gasteiger partial charge on any atom is 0.243 e. The molecular formula is C23H24FN7O4S. The fourth-order valence-corrected chi connectivity index (χ4v) is 4.48. The summed E-state index contributed by atoms with van der Waals surface area (Å²) in [4.78, 5) is 11.9. The third-order valence-corrected chi connectivity index (χ3v) is 7.17. The summed E-state index contributed by atoms with van der Waals surface area (Å²) in [7, 11) is -1.03. The molecular weight excluding hydrogens is 489 g/mol. The van der Waals surface area contributed by atoms with Crippen LogP contribution >= 0.6 is 0 Å². The number of sulfonamides is 1. The second-order valence-corrected chi connectivity index (χ2v) is 9.96. The number of aromatic nitrogens is 6. The van der Waals surface area contributed by atoms with Crippen molar-refractivity contribution in [2.75, 3.05) is 18.9 Å². The van der Waals surface area contributed by atoms with Gasteiger partial charge in [-0.25, -0.2) is 22.8 Å². The molecule has 1 atom stereocenters. The molecule has 3 heterocycles. The summed E-state index contributed by atoms with van der Waals surface area (Å²) in [6, 6.07) is 6.98. The number of ether oxygens (including phenoxy) is 2. The van der Waals surface area contributed by atoms with Gasteiger partial charge in [0.15, 0.2) is 11.6 Å². The zero-order valence-corrected chi connectivity index (χ0v) is 20.8. The van der Waals surface area contributed by atoms with Crippen LogP contribution in [0.2, 0.25) is 0 Å². The van der Waals surface area contributed by atoms with Gasteiger partial charge >= 0.3 is 0 Å². The van der Waals surface area contributed by atoms with Gasteiger partial charge < -0.3 is 9.47 Å². The predicted molar refractivity (Wildman–Crippen MR) is 130 cm³/mol. The maximum atomic E-state index is 13.3. The van der Waals surface area contributed by atoms with Crippen LogP contribution < -0.4 is 14.2 Å². The molecule has 0 aliphatic rings. The summed E-state index contributed by atoms with van der Waals surface area (Å²) in [6.07, 6.45) is 5.19. The van der Waals surface area contributed by atoms with Crippen molar-refractivity contribution in [2.24, 2.45) is 0 Å². The van der Waals surface area contributed by atoms with E-state index in [4.69, 9.17) is 9.47 Å². The van der Waals surface area contributed by atoms with E-state index in [1.165, 1.54) is 25.7 Å². The van der Waals surface area contributed by atoms with Gasteiger partial charge in [0, 0.05) is 24.4 Å². The molecule has 3 aromatic heterocycles. The predicted octanol–water partition coefficient (Wildman–Crippen LogP) is 2.96. The van der Waals surface area contributed by atoms with Crippen LogP contribution in [0.1, 0.15) is 18.3 Å². The largest absolute Gasteiger partial charge is 0.494 e. The summed E-state index contributed by atoms with van der Waals surface area (Å²) in [6.45, 7) is 3.37. The van der Waals surface area contributed by atoms with E-state index in [2.05, 4.69) is 29.9 Å². The number of anilines is 1. The molecule has 1 N–H and O–H groups in total. The van der Waals surface area contributed by atoms with Gasteiger partial charge in [-0.15, -0.1) is 10.2 Å². The normalized spacial score (nSPS) is 12.2. The summed E-state index contributed by atoms with van der Waals surface area (Å²) in [5.41, 5.74) is 1.89. The van der Waals surface area contributed by atoms with Crippen LogP contribution in [0.3, 0.4) is 0 Å². The second-order valence-electron chi connectivity index (χ2n) is 7.86. The van der Waals surface area contributed by atoms with E-state index in [1.807, 2.05) is 13.0 Å². The third-order valence-electron chi connectivity index (χ3n) is 5.48. The van der Waals surface area contributed by atoms with Gasteiger partial charge in [-0.05, 0) is 37.6 Å². The first-order chi connectivity index (χ1) is 17.2. The minimum atomic E-state index is -4.01. The molecule has 13 heteroatoms. The second kappa shape index (κ2) is 10.2. The van der Waals surface area contributed by atoms with Crippen LogP contribution in [0.25, 0.3) is 17.1 Å². The fourth-order valence-electron chi connectivity index (χ4n) is 3.53. The van der Waals surface area contributed by atoms with Crippen molar-refractivity contribution in [2.45, 2.75) is 25.5 Å². The minimum absolute atomic E-state index is 0.0453. The molecule has 4 rings (SSSR count). The Morgan fingerprint density at radius 1 is 1.06 bits per heavy atom. The molecule has 0 unspecified atom stereocenters. The molecule has 36 heavy (non-hydrogen) atoms. The Labute approximate surface area is 207 Å². The molecule has 0 amide bonds. The van der Waals surface area contributed by atoms with Crippen LogP contribution in [0, 0.1) is 12.7 Å². The van der Waals surface area contributed by atoms with Crippen LogP contribution in [0.15, 0.2) is 49.1 Å². The first-order valence-corrected chi connectivity index (χ1v) is 12.4. The van der Waals surface area contributed by atoms with Crippen LogP contribution in [0.5, 0.6) is 11.5 Å². The molecule has 0 fully saturated rings. The Bertz CT molecular complexity index is 1450. The molecule has 0 saturated carbocycles. The van der Waals surface area contributed by atoms with Gasteiger partial charge in [-0.3, -0.25) is 14.3 Å². The zero-order chi connectivity index (χ0) is 25.9. The molecule has 0 spiro atoms. The van der Waals surface area contributed by atoms with Crippen molar-refractivity contribution in [3.8, 4) is 28.6 Å². The topological polar surface area (TPSA) is 134 Å². The summed E-state index contributed by atoms with van der Waals surface area (Å²) in [5, 5.41) is 7.45. The number of pyridine rings is 1. The number of halogens is 1. The van der Waals surface area contributed by atoms with Crippen molar-refractivity contribution < 1.29 is 22.3 Å². The SMILES string of the molecule is COc1cccc(OC)c1-n1c(NS(=O)(=O)[C@H](C)Cc2ncc(F)cn2)nnc1-c1cnccc1C. The minimum Gasteiger partial charge on any atom is -0.494 e. The molecule has 1 aromatic carbocycles. The third kappa shape index (κ3) is 4.96. The van der Waals surface area contributed by atoms with E-state index in [9.17, 15) is 12.8 Å². The smallest absolute Gasteiger partial charge is 0.243 e. The first-order valence-electron chi connectivity index (χ1n) is 10.8. The summed E-state index contributed by atoms with van der Waals surface area (Å²) in [5.74, 6) is 0.645. The van der Waals surface area contributed by atoms with Crippen molar-refractivity contribution >= 4 is 16.0 Å². The molecule has 4 aromatic rings. The van der Waals surface area contributed by atoms with E-state index in [-0.39, 0.29) is 18.2 Å². The van der Waals surface area contributed by atoms with Crippen LogP contribution in [-0.4, -0.2) is 57.6 Å². The van der Waals surface area contributed by atoms with Gasteiger partial charge in [0.25, 0.3) is 0 Å². The average Bonchev–Trinajstić information content (AvgIpc) is 3.26. The number of methoxy groups -OCH3 is 2. The lowest BCUT2D eigenvalue weighted by molar-refractivity contribution is 0.391. The Kier molecular flexibility index (Phi) is 7.10. The Morgan fingerprint density at radius 2 is 1.72 bits per heavy atom. The number of para-hydroxylation sites is 1. The maximum absolute atomic E-state index is 13.3. The monoisotopic (exact) mass is 513 g/mol. The van der Waals surface area contributed by atoms with E-state index in [1.54, 1.807) is 30.6 Å². The molecule has 0 aliphatic carbocycles. The highest BCUT2D eigenvalue weighted by Gasteiger charge is 2.29. The number of rotatable bonds is 9. The molecule has 11 nitrogen and oxygen atoms in total. The Balaban J connectivity index is 1.82. The molecule has 0 bridgehead atoms. The molecule has 188 valence electrons. The molecule has 0 radical (unpaired) electrons. The van der Waals surface area contributed by atoms with Gasteiger partial charge in [-0.1, -0.05) is 6.07 Å². The van der Waals surface area contributed by atoms with Crippen molar-refractivity contribution in [1.82, 2.24) is 29.7 Å². The number of hydrogen-bond donors (Lipinski definition) is 1. The van der Waals surface area contributed by atoms with Crippen molar-refractivity contribution in [1.29, 1.82) is 0 Å². The number of hydrogen-bond acceptors (Lipinski definition) is 9. The van der Waals surface area contributed by atoms with Crippen LogP contribution in [0.4, 0.5) is 10.3 Å². The van der Waals surface area contributed by atoms with Crippen molar-refractivity contribution in [3.05, 3.63) is 66.3 Å². The van der Waals surface area contributed by atoms with E-state index in [0.29, 0.717) is 28.6 Å². The van der Waals surface area contributed by atoms with Gasteiger partial charge in [0.05, 0.1) is 31.9 Å². The number of nitrogens with one attached hydrogen (secondary N) is 1. The van der Waals surface area contributed by atoms with Crippen molar-refractivity contribution in [3.63, 3.8) is 0 Å². The Morgan fingerprint density at radius 3 is 2.33 bits per heavy atom. The van der Waals surface area contributed by atoms with Crippen LogP contribution in [-0.2, 0) is 16.4 Å². The number of aryl methyl sites for hydroxylation is 1.